The highest BCUT2D eigenvalue weighted by atomic mass is 35.5. The number of alkyl halides is 3. The van der Waals surface area contributed by atoms with E-state index in [1.54, 1.807) is 12.1 Å². The number of carbonyl (C=O) groups is 1. The number of amides is 1. The van der Waals surface area contributed by atoms with Crippen molar-refractivity contribution >= 4 is 17.5 Å². The monoisotopic (exact) mass is 401 g/mol. The molecule has 3 rings (SSSR count). The van der Waals surface area contributed by atoms with Gasteiger partial charge in [-0.2, -0.15) is 13.2 Å². The minimum absolute atomic E-state index is 0.0545. The molecule has 0 spiro atoms. The van der Waals surface area contributed by atoms with Crippen LogP contribution in [0.25, 0.3) is 0 Å². The van der Waals surface area contributed by atoms with Crippen molar-refractivity contribution in [2.75, 3.05) is 13.2 Å². The van der Waals surface area contributed by atoms with Crippen LogP contribution in [0.5, 0.6) is 11.5 Å². The van der Waals surface area contributed by atoms with Crippen molar-refractivity contribution in [3.63, 3.8) is 0 Å². The SMILES string of the molecule is O=C(NOCc1cc(Cl)c2c(c1)OCCCO2)c1cccc(C(F)(F)F)c1. The molecular formula is C18H15ClF3NO4. The lowest BCUT2D eigenvalue weighted by Gasteiger charge is -2.12. The summed E-state index contributed by atoms with van der Waals surface area (Å²) in [7, 11) is 0. The first-order chi connectivity index (χ1) is 12.8. The molecule has 0 radical (unpaired) electrons. The summed E-state index contributed by atoms with van der Waals surface area (Å²) in [6.07, 6.45) is -3.80. The average Bonchev–Trinajstić information content (AvgIpc) is 2.87. The van der Waals surface area contributed by atoms with Crippen molar-refractivity contribution in [3.8, 4) is 11.5 Å². The smallest absolute Gasteiger partial charge is 0.416 e. The van der Waals surface area contributed by atoms with Gasteiger partial charge in [0, 0.05) is 12.0 Å². The lowest BCUT2D eigenvalue weighted by Crippen LogP contribution is -2.24. The lowest BCUT2D eigenvalue weighted by atomic mass is 10.1. The maximum Gasteiger partial charge on any atom is 0.416 e. The first-order valence-corrected chi connectivity index (χ1v) is 8.40. The fourth-order valence-electron chi connectivity index (χ4n) is 2.45. The Kier molecular flexibility index (Phi) is 5.76. The van der Waals surface area contributed by atoms with Gasteiger partial charge in [-0.1, -0.05) is 17.7 Å². The molecule has 0 atom stereocenters. The number of fused-ring (bicyclic) bond motifs is 1. The second-order valence-electron chi connectivity index (χ2n) is 5.75. The molecule has 2 aromatic rings. The quantitative estimate of drug-likeness (QED) is 0.772. The van der Waals surface area contributed by atoms with E-state index in [0.29, 0.717) is 35.3 Å². The molecule has 0 saturated heterocycles. The number of hydrogen-bond donors (Lipinski definition) is 1. The molecule has 1 amide bonds. The number of benzene rings is 2. The molecule has 0 aliphatic carbocycles. The molecule has 144 valence electrons. The standard InChI is InChI=1S/C18H15ClF3NO4/c19-14-7-11(8-15-16(14)26-6-2-5-25-15)10-27-23-17(24)12-3-1-4-13(9-12)18(20,21)22/h1,3-4,7-9H,2,5-6,10H2,(H,23,24). The summed E-state index contributed by atoms with van der Waals surface area (Å²) in [5, 5.41) is 0.345. The van der Waals surface area contributed by atoms with E-state index < -0.39 is 17.6 Å². The summed E-state index contributed by atoms with van der Waals surface area (Å²) < 4.78 is 49.2. The molecule has 0 bridgehead atoms. The molecule has 1 aliphatic heterocycles. The minimum Gasteiger partial charge on any atom is -0.489 e. The number of halogens is 4. The summed E-state index contributed by atoms with van der Waals surface area (Å²) in [5.74, 6) is 0.135. The van der Waals surface area contributed by atoms with Crippen LogP contribution >= 0.6 is 11.6 Å². The first kappa shape index (κ1) is 19.3. The lowest BCUT2D eigenvalue weighted by molar-refractivity contribution is -0.137. The molecular weight excluding hydrogens is 387 g/mol. The second kappa shape index (κ2) is 8.06. The molecule has 0 unspecified atom stereocenters. The van der Waals surface area contributed by atoms with Crippen LogP contribution in [-0.4, -0.2) is 19.1 Å². The van der Waals surface area contributed by atoms with Crippen molar-refractivity contribution in [3.05, 3.63) is 58.1 Å². The topological polar surface area (TPSA) is 56.8 Å². The summed E-state index contributed by atoms with van der Waals surface area (Å²) in [4.78, 5) is 17.1. The number of hydrogen-bond acceptors (Lipinski definition) is 4. The summed E-state index contributed by atoms with van der Waals surface area (Å²) >= 11 is 6.16. The predicted octanol–water partition coefficient (Wildman–Crippen LogP) is 4.38. The van der Waals surface area contributed by atoms with Gasteiger partial charge < -0.3 is 9.47 Å². The van der Waals surface area contributed by atoms with E-state index in [4.69, 9.17) is 25.9 Å². The van der Waals surface area contributed by atoms with Crippen LogP contribution < -0.4 is 15.0 Å². The van der Waals surface area contributed by atoms with E-state index in [9.17, 15) is 18.0 Å². The highest BCUT2D eigenvalue weighted by Crippen LogP contribution is 2.38. The summed E-state index contributed by atoms with van der Waals surface area (Å²) in [5.41, 5.74) is 1.64. The molecule has 9 heteroatoms. The third-order valence-corrected chi connectivity index (χ3v) is 4.00. The van der Waals surface area contributed by atoms with E-state index in [1.165, 1.54) is 6.07 Å². The van der Waals surface area contributed by atoms with E-state index in [0.717, 1.165) is 24.6 Å². The third kappa shape index (κ3) is 4.84. The Morgan fingerprint density at radius 2 is 1.96 bits per heavy atom. The van der Waals surface area contributed by atoms with Gasteiger partial charge in [0.15, 0.2) is 11.5 Å². The van der Waals surface area contributed by atoms with Gasteiger partial charge in [0.25, 0.3) is 5.91 Å². The normalized spacial score (nSPS) is 13.8. The molecule has 0 saturated carbocycles. The Hall–Kier alpha value is -2.45. The van der Waals surface area contributed by atoms with Crippen LogP contribution in [0.4, 0.5) is 13.2 Å². The van der Waals surface area contributed by atoms with Crippen molar-refractivity contribution in [2.24, 2.45) is 0 Å². The van der Waals surface area contributed by atoms with Gasteiger partial charge in [-0.15, -0.1) is 0 Å². The zero-order valence-corrected chi connectivity index (χ0v) is 14.7. The number of rotatable bonds is 4. The number of hydroxylamine groups is 1. The van der Waals surface area contributed by atoms with E-state index >= 15 is 0 Å². The van der Waals surface area contributed by atoms with Crippen LogP contribution in [-0.2, 0) is 17.6 Å². The summed E-state index contributed by atoms with van der Waals surface area (Å²) in [6, 6.07) is 7.33. The van der Waals surface area contributed by atoms with Crippen LogP contribution in [0.15, 0.2) is 36.4 Å². The van der Waals surface area contributed by atoms with E-state index in [2.05, 4.69) is 5.48 Å². The van der Waals surface area contributed by atoms with Crippen LogP contribution in [0.2, 0.25) is 5.02 Å². The predicted molar refractivity (Wildman–Crippen MR) is 90.8 cm³/mol. The van der Waals surface area contributed by atoms with Crippen molar-refractivity contribution in [2.45, 2.75) is 19.2 Å². The summed E-state index contributed by atoms with van der Waals surface area (Å²) in [6.45, 7) is 0.927. The highest BCUT2D eigenvalue weighted by Gasteiger charge is 2.30. The molecule has 0 aromatic heterocycles. The Morgan fingerprint density at radius 3 is 2.74 bits per heavy atom. The Morgan fingerprint density at radius 1 is 1.19 bits per heavy atom. The molecule has 2 aromatic carbocycles. The van der Waals surface area contributed by atoms with Crippen molar-refractivity contribution < 1.29 is 32.3 Å². The van der Waals surface area contributed by atoms with Gasteiger partial charge in [-0.3, -0.25) is 9.63 Å². The van der Waals surface area contributed by atoms with E-state index in [1.807, 2.05) is 0 Å². The largest absolute Gasteiger partial charge is 0.489 e. The number of carbonyl (C=O) groups excluding carboxylic acids is 1. The molecule has 1 heterocycles. The second-order valence-corrected chi connectivity index (χ2v) is 6.16. The molecule has 0 fully saturated rings. The average molecular weight is 402 g/mol. The van der Waals surface area contributed by atoms with Gasteiger partial charge in [0.05, 0.1) is 30.4 Å². The fourth-order valence-corrected chi connectivity index (χ4v) is 2.74. The van der Waals surface area contributed by atoms with Gasteiger partial charge in [0.1, 0.15) is 0 Å². The maximum absolute atomic E-state index is 12.7. The maximum atomic E-state index is 12.7. The molecule has 5 nitrogen and oxygen atoms in total. The Labute approximate surface area is 157 Å². The fraction of sp³-hybridized carbons (Fsp3) is 0.278. The van der Waals surface area contributed by atoms with Crippen molar-refractivity contribution in [1.29, 1.82) is 0 Å². The first-order valence-electron chi connectivity index (χ1n) is 8.02. The number of nitrogens with one attached hydrogen (secondary N) is 1. The molecule has 27 heavy (non-hydrogen) atoms. The van der Waals surface area contributed by atoms with Crippen molar-refractivity contribution in [1.82, 2.24) is 5.48 Å². The van der Waals surface area contributed by atoms with Crippen LogP contribution in [0.3, 0.4) is 0 Å². The van der Waals surface area contributed by atoms with Crippen LogP contribution in [0.1, 0.15) is 27.9 Å². The van der Waals surface area contributed by atoms with Gasteiger partial charge in [-0.25, -0.2) is 5.48 Å². The zero-order chi connectivity index (χ0) is 19.4. The zero-order valence-electron chi connectivity index (χ0n) is 13.9. The Bertz CT molecular complexity index is 842. The number of ether oxygens (including phenoxy) is 2. The van der Waals surface area contributed by atoms with E-state index in [-0.39, 0.29) is 12.2 Å². The van der Waals surface area contributed by atoms with Gasteiger partial charge in [-0.05, 0) is 35.9 Å². The Balaban J connectivity index is 1.62. The van der Waals surface area contributed by atoms with Gasteiger partial charge in [0.2, 0.25) is 0 Å². The van der Waals surface area contributed by atoms with Crippen LogP contribution in [0, 0.1) is 0 Å². The minimum atomic E-state index is -4.53. The van der Waals surface area contributed by atoms with Gasteiger partial charge >= 0.3 is 6.18 Å². The molecule has 1 aliphatic rings. The highest BCUT2D eigenvalue weighted by molar-refractivity contribution is 6.32. The molecule has 1 N–H and O–H groups in total. The third-order valence-electron chi connectivity index (χ3n) is 3.72.